The van der Waals surface area contributed by atoms with Gasteiger partial charge in [-0.2, -0.15) is 8.78 Å². The van der Waals surface area contributed by atoms with Crippen molar-refractivity contribution in [1.82, 2.24) is 35.1 Å². The van der Waals surface area contributed by atoms with Crippen molar-refractivity contribution in [2.45, 2.75) is 37.3 Å². The number of nitrogens with one attached hydrogen (secondary N) is 1. The smallest absolute Gasteiger partial charge is 0.315 e. The summed E-state index contributed by atoms with van der Waals surface area (Å²) in [5.74, 6) is 0.591. The molecule has 0 saturated carbocycles. The van der Waals surface area contributed by atoms with E-state index in [1.165, 1.54) is 24.2 Å². The van der Waals surface area contributed by atoms with E-state index >= 15 is 0 Å². The minimum atomic E-state index is -2.59. The second-order valence-corrected chi connectivity index (χ2v) is 5.19. The number of nitrogens with zero attached hydrogens (tertiary/aromatic N) is 6. The molecule has 116 valence electrons. The second kappa shape index (κ2) is 8.03. The molecule has 0 aromatic carbocycles. The highest BCUT2D eigenvalue weighted by Crippen LogP contribution is 2.21. The van der Waals surface area contributed by atoms with Crippen LogP contribution in [0.15, 0.2) is 17.6 Å². The third-order valence-electron chi connectivity index (χ3n) is 2.72. The van der Waals surface area contributed by atoms with Gasteiger partial charge in [-0.15, -0.1) is 5.10 Å². The van der Waals surface area contributed by atoms with Gasteiger partial charge in [0.15, 0.2) is 0 Å². The van der Waals surface area contributed by atoms with Gasteiger partial charge in [-0.1, -0.05) is 18.7 Å². The van der Waals surface area contributed by atoms with E-state index in [1.54, 1.807) is 4.68 Å². The summed E-state index contributed by atoms with van der Waals surface area (Å²) in [4.78, 5) is 3.92. The average molecular weight is 317 g/mol. The molecule has 7 nitrogen and oxygen atoms in total. The van der Waals surface area contributed by atoms with E-state index in [-0.39, 0.29) is 0 Å². The number of hydrogen-bond donors (Lipinski definition) is 1. The van der Waals surface area contributed by atoms with Crippen LogP contribution in [0, 0.1) is 0 Å². The summed E-state index contributed by atoms with van der Waals surface area (Å²) >= 11 is 1.29. The molecule has 2 heterocycles. The lowest BCUT2D eigenvalue weighted by molar-refractivity contribution is 0.0678. The zero-order chi connectivity index (χ0) is 15.1. The summed E-state index contributed by atoms with van der Waals surface area (Å²) in [6.45, 7) is 1.85. The van der Waals surface area contributed by atoms with Gasteiger partial charge in [0, 0.05) is 18.9 Å². The average Bonchev–Trinajstić information content (AvgIpc) is 3.10. The van der Waals surface area contributed by atoms with Crippen molar-refractivity contribution in [2.75, 3.05) is 13.1 Å². The van der Waals surface area contributed by atoms with Gasteiger partial charge in [-0.05, 0) is 23.4 Å². The summed E-state index contributed by atoms with van der Waals surface area (Å²) in [6, 6.07) is 0. The molecule has 0 bridgehead atoms. The van der Waals surface area contributed by atoms with Crippen LogP contribution < -0.4 is 5.32 Å². The predicted octanol–water partition coefficient (Wildman–Crippen LogP) is 1.56. The summed E-state index contributed by atoms with van der Waals surface area (Å²) < 4.78 is 27.9. The first-order valence-electron chi connectivity index (χ1n) is 6.62. The Kier molecular flexibility index (Phi) is 6.05. The first-order chi connectivity index (χ1) is 10.2. The Morgan fingerprint density at radius 1 is 1.38 bits per heavy atom. The Morgan fingerprint density at radius 2 is 2.24 bits per heavy atom. The third-order valence-corrected chi connectivity index (χ3v) is 3.67. The molecule has 2 rings (SSSR count). The molecule has 10 heteroatoms. The molecule has 0 aliphatic heterocycles. The van der Waals surface area contributed by atoms with Gasteiger partial charge in [0.25, 0.3) is 0 Å². The van der Waals surface area contributed by atoms with Crippen LogP contribution in [0.25, 0.3) is 0 Å². The van der Waals surface area contributed by atoms with Crippen molar-refractivity contribution in [3.63, 3.8) is 0 Å². The molecule has 0 saturated heterocycles. The molecule has 2 aromatic heterocycles. The van der Waals surface area contributed by atoms with Crippen molar-refractivity contribution in [3.05, 3.63) is 18.2 Å². The maximum Gasteiger partial charge on any atom is 0.319 e. The summed E-state index contributed by atoms with van der Waals surface area (Å²) in [5, 5.41) is 15.3. The summed E-state index contributed by atoms with van der Waals surface area (Å²) in [6.07, 6.45) is 3.69. The van der Waals surface area contributed by atoms with Crippen LogP contribution in [0.1, 0.15) is 25.7 Å². The van der Waals surface area contributed by atoms with Gasteiger partial charge in [0.05, 0.1) is 12.3 Å². The normalized spacial score (nSPS) is 11.4. The van der Waals surface area contributed by atoms with E-state index in [4.69, 9.17) is 0 Å². The fourth-order valence-electron chi connectivity index (χ4n) is 1.69. The van der Waals surface area contributed by atoms with Gasteiger partial charge >= 0.3 is 6.55 Å². The van der Waals surface area contributed by atoms with Crippen LogP contribution in [-0.4, -0.2) is 42.8 Å². The number of imidazole rings is 1. The number of thioether (sulfide) groups is 1. The molecule has 1 N–H and O–H groups in total. The van der Waals surface area contributed by atoms with Crippen molar-refractivity contribution in [2.24, 2.45) is 0 Å². The van der Waals surface area contributed by atoms with Crippen LogP contribution in [0.3, 0.4) is 0 Å². The van der Waals surface area contributed by atoms with Gasteiger partial charge in [0.2, 0.25) is 5.16 Å². The molecule has 0 spiro atoms. The molecule has 0 aliphatic rings. The van der Waals surface area contributed by atoms with Crippen LogP contribution in [0.2, 0.25) is 0 Å². The Morgan fingerprint density at radius 3 is 3.00 bits per heavy atom. The second-order valence-electron chi connectivity index (χ2n) is 4.25. The molecule has 0 unspecified atom stereocenters. The summed E-state index contributed by atoms with van der Waals surface area (Å²) in [5.41, 5.74) is 0. The molecular weight excluding hydrogens is 300 g/mol. The lowest BCUT2D eigenvalue weighted by Gasteiger charge is -2.07. The van der Waals surface area contributed by atoms with Gasteiger partial charge in [-0.25, -0.2) is 9.67 Å². The number of rotatable bonds is 9. The molecule has 0 radical (unpaired) electrons. The van der Waals surface area contributed by atoms with E-state index in [0.717, 1.165) is 24.1 Å². The molecular formula is C11H17F2N7S. The molecule has 0 fully saturated rings. The zero-order valence-corrected chi connectivity index (χ0v) is 12.4. The van der Waals surface area contributed by atoms with E-state index < -0.39 is 6.55 Å². The van der Waals surface area contributed by atoms with Gasteiger partial charge < -0.3 is 5.32 Å². The highest BCUT2D eigenvalue weighted by atomic mass is 32.2. The highest BCUT2D eigenvalue weighted by Gasteiger charge is 2.13. The quantitative estimate of drug-likeness (QED) is 0.559. The van der Waals surface area contributed by atoms with Crippen molar-refractivity contribution < 1.29 is 8.78 Å². The Hall–Kier alpha value is -1.55. The maximum atomic E-state index is 12.7. The van der Waals surface area contributed by atoms with E-state index in [2.05, 4.69) is 32.7 Å². The lowest BCUT2D eigenvalue weighted by Crippen LogP contribution is -2.21. The van der Waals surface area contributed by atoms with Gasteiger partial charge in [-0.3, -0.25) is 4.57 Å². The van der Waals surface area contributed by atoms with Crippen molar-refractivity contribution in [3.8, 4) is 0 Å². The fourth-order valence-corrected chi connectivity index (χ4v) is 2.54. The highest BCUT2D eigenvalue weighted by molar-refractivity contribution is 7.98. The number of alkyl halides is 2. The van der Waals surface area contributed by atoms with Crippen LogP contribution in [-0.2, 0) is 12.3 Å². The SMILES string of the molecule is CCCNCCn1nnnc1SCc1nccn1C(F)F. The largest absolute Gasteiger partial charge is 0.319 e. The van der Waals surface area contributed by atoms with Crippen molar-refractivity contribution in [1.29, 1.82) is 0 Å². The molecule has 21 heavy (non-hydrogen) atoms. The standard InChI is InChI=1S/C11H17F2N7S/c1-2-3-14-4-7-20-11(16-17-18-20)21-8-9-15-5-6-19(9)10(12)13/h5-6,10,14H,2-4,7-8H2,1H3. The lowest BCUT2D eigenvalue weighted by atomic mass is 10.5. The van der Waals surface area contributed by atoms with Crippen molar-refractivity contribution >= 4 is 11.8 Å². The topological polar surface area (TPSA) is 73.5 Å². The summed E-state index contributed by atoms with van der Waals surface area (Å²) in [7, 11) is 0. The number of aromatic nitrogens is 6. The number of halogens is 2. The minimum Gasteiger partial charge on any atom is -0.315 e. The Balaban J connectivity index is 1.88. The zero-order valence-electron chi connectivity index (χ0n) is 11.6. The number of hydrogen-bond acceptors (Lipinski definition) is 6. The number of tetrazole rings is 1. The molecule has 0 atom stereocenters. The van der Waals surface area contributed by atoms with Crippen LogP contribution in [0.5, 0.6) is 0 Å². The van der Waals surface area contributed by atoms with E-state index in [9.17, 15) is 8.78 Å². The van der Waals surface area contributed by atoms with Crippen LogP contribution >= 0.6 is 11.8 Å². The van der Waals surface area contributed by atoms with Crippen LogP contribution in [0.4, 0.5) is 8.78 Å². The maximum absolute atomic E-state index is 12.7. The minimum absolute atomic E-state index is 0.292. The van der Waals surface area contributed by atoms with E-state index in [0.29, 0.717) is 23.3 Å². The Bertz CT molecular complexity index is 542. The third kappa shape index (κ3) is 4.46. The first-order valence-corrected chi connectivity index (χ1v) is 7.60. The van der Waals surface area contributed by atoms with E-state index in [1.807, 2.05) is 0 Å². The molecule has 0 aliphatic carbocycles. The predicted molar refractivity (Wildman–Crippen MR) is 74.0 cm³/mol. The Labute approximate surface area is 125 Å². The fraction of sp³-hybridized carbons (Fsp3) is 0.636. The molecule has 0 amide bonds. The first kappa shape index (κ1) is 15.8. The van der Waals surface area contributed by atoms with Gasteiger partial charge in [0.1, 0.15) is 5.82 Å². The monoisotopic (exact) mass is 317 g/mol. The molecule has 2 aromatic rings.